The minimum atomic E-state index is -0.326. The van der Waals surface area contributed by atoms with Gasteiger partial charge in [-0.3, -0.25) is 9.59 Å². The second-order valence-electron chi connectivity index (χ2n) is 8.23. The van der Waals surface area contributed by atoms with Gasteiger partial charge in [-0.25, -0.2) is 4.90 Å². The van der Waals surface area contributed by atoms with E-state index in [0.717, 1.165) is 37.2 Å². The number of aryl methyl sites for hydroxylation is 1. The fourth-order valence-corrected chi connectivity index (χ4v) is 4.18. The largest absolute Gasteiger partial charge is 0.495 e. The lowest BCUT2D eigenvalue weighted by Gasteiger charge is -2.21. The van der Waals surface area contributed by atoms with Gasteiger partial charge in [0.05, 0.1) is 24.5 Å². The van der Waals surface area contributed by atoms with Crippen molar-refractivity contribution in [2.75, 3.05) is 25.1 Å². The summed E-state index contributed by atoms with van der Waals surface area (Å²) in [5.41, 5.74) is 3.05. The summed E-state index contributed by atoms with van der Waals surface area (Å²) in [6.07, 6.45) is 2.07. The van der Waals surface area contributed by atoms with Crippen molar-refractivity contribution < 1.29 is 19.1 Å². The maximum absolute atomic E-state index is 13.7. The van der Waals surface area contributed by atoms with Gasteiger partial charge in [-0.1, -0.05) is 18.2 Å². The summed E-state index contributed by atoms with van der Waals surface area (Å²) in [5, 5.41) is 0. The maximum atomic E-state index is 13.7. The van der Waals surface area contributed by atoms with E-state index in [2.05, 4.69) is 0 Å². The molecule has 4 rings (SSSR count). The Morgan fingerprint density at radius 2 is 1.61 bits per heavy atom. The third kappa shape index (κ3) is 3.90. The number of rotatable bonds is 6. The molecule has 0 radical (unpaired) electrons. The van der Waals surface area contributed by atoms with E-state index in [-0.39, 0.29) is 17.9 Å². The van der Waals surface area contributed by atoms with Crippen molar-refractivity contribution in [2.24, 2.45) is 0 Å². The Labute approximate surface area is 183 Å². The molecule has 0 unspecified atom stereocenters. The Morgan fingerprint density at radius 3 is 2.23 bits per heavy atom. The van der Waals surface area contributed by atoms with Gasteiger partial charge < -0.3 is 14.4 Å². The molecule has 0 N–H and O–H groups in total. The highest BCUT2D eigenvalue weighted by Crippen LogP contribution is 2.40. The molecule has 2 aliphatic heterocycles. The van der Waals surface area contributed by atoms with Crippen LogP contribution in [0, 0.1) is 6.92 Å². The number of methoxy groups -OCH3 is 1. The Balaban J connectivity index is 1.80. The van der Waals surface area contributed by atoms with E-state index in [4.69, 9.17) is 9.47 Å². The fourth-order valence-electron chi connectivity index (χ4n) is 4.18. The second kappa shape index (κ2) is 8.46. The molecule has 0 bridgehead atoms. The number of carbonyl (C=O) groups is 2. The molecule has 2 amide bonds. The molecule has 6 heteroatoms. The van der Waals surface area contributed by atoms with Crippen LogP contribution in [0.1, 0.15) is 37.8 Å². The van der Waals surface area contributed by atoms with Crippen molar-refractivity contribution in [3.63, 3.8) is 0 Å². The number of carbonyl (C=O) groups excluding carboxylic acids is 2. The number of amides is 2. The molecule has 0 aliphatic carbocycles. The number of hydrogen-bond acceptors (Lipinski definition) is 5. The molecule has 0 atom stereocenters. The van der Waals surface area contributed by atoms with Crippen molar-refractivity contribution in [1.29, 1.82) is 0 Å². The van der Waals surface area contributed by atoms with Crippen LogP contribution in [0.3, 0.4) is 0 Å². The average Bonchev–Trinajstić information content (AvgIpc) is 3.34. The number of nitrogens with zero attached hydrogens (tertiary/aromatic N) is 2. The Bertz CT molecular complexity index is 1030. The van der Waals surface area contributed by atoms with Crippen molar-refractivity contribution in [3.05, 3.63) is 59.3 Å². The van der Waals surface area contributed by atoms with Gasteiger partial charge in [0.15, 0.2) is 0 Å². The van der Waals surface area contributed by atoms with E-state index < -0.39 is 0 Å². The van der Waals surface area contributed by atoms with Gasteiger partial charge in [-0.05, 0) is 69.0 Å². The lowest BCUT2D eigenvalue weighted by atomic mass is 10.0. The van der Waals surface area contributed by atoms with Crippen LogP contribution >= 0.6 is 0 Å². The topological polar surface area (TPSA) is 59.1 Å². The predicted molar refractivity (Wildman–Crippen MR) is 120 cm³/mol. The van der Waals surface area contributed by atoms with Crippen LogP contribution in [0.5, 0.6) is 11.5 Å². The van der Waals surface area contributed by atoms with E-state index in [9.17, 15) is 9.59 Å². The van der Waals surface area contributed by atoms with Gasteiger partial charge in [-0.15, -0.1) is 0 Å². The molecule has 1 saturated heterocycles. The van der Waals surface area contributed by atoms with Crippen molar-refractivity contribution in [1.82, 2.24) is 4.90 Å². The second-order valence-corrected chi connectivity index (χ2v) is 8.23. The van der Waals surface area contributed by atoms with Crippen LogP contribution in [-0.2, 0) is 9.59 Å². The first-order chi connectivity index (χ1) is 14.9. The van der Waals surface area contributed by atoms with Gasteiger partial charge in [0.1, 0.15) is 17.2 Å². The SMILES string of the molecule is COc1ccc(C)cc1N1C(=O)C(c2ccc(OC(C)C)cc2)=C(N2CCCC2)C1=O. The summed E-state index contributed by atoms with van der Waals surface area (Å²) >= 11 is 0. The fraction of sp³-hybridized carbons (Fsp3) is 0.360. The van der Waals surface area contributed by atoms with Crippen molar-refractivity contribution in [2.45, 2.75) is 39.7 Å². The minimum absolute atomic E-state index is 0.0594. The molecule has 0 aromatic heterocycles. The van der Waals surface area contributed by atoms with Gasteiger partial charge in [-0.2, -0.15) is 0 Å². The predicted octanol–water partition coefficient (Wildman–Crippen LogP) is 4.17. The minimum Gasteiger partial charge on any atom is -0.495 e. The normalized spacial score (nSPS) is 16.7. The summed E-state index contributed by atoms with van der Waals surface area (Å²) in [5.74, 6) is 0.604. The zero-order valence-electron chi connectivity index (χ0n) is 18.5. The maximum Gasteiger partial charge on any atom is 0.282 e. The molecule has 31 heavy (non-hydrogen) atoms. The van der Waals surface area contributed by atoms with E-state index in [0.29, 0.717) is 28.3 Å². The number of anilines is 1. The summed E-state index contributed by atoms with van der Waals surface area (Å²) < 4.78 is 11.2. The number of hydrogen-bond donors (Lipinski definition) is 0. The van der Waals surface area contributed by atoms with Crippen LogP contribution in [0.25, 0.3) is 5.57 Å². The third-order valence-corrected chi connectivity index (χ3v) is 5.57. The van der Waals surface area contributed by atoms with E-state index in [1.807, 2.05) is 62.1 Å². The molecule has 2 aromatic carbocycles. The molecule has 2 aromatic rings. The Kier molecular flexibility index (Phi) is 5.72. The summed E-state index contributed by atoms with van der Waals surface area (Å²) in [4.78, 5) is 30.6. The third-order valence-electron chi connectivity index (χ3n) is 5.57. The Hall–Kier alpha value is -3.28. The Morgan fingerprint density at radius 1 is 0.935 bits per heavy atom. The molecule has 0 saturated carbocycles. The molecule has 0 spiro atoms. The zero-order chi connectivity index (χ0) is 22.1. The molecule has 2 aliphatic rings. The van der Waals surface area contributed by atoms with Gasteiger partial charge in [0, 0.05) is 13.1 Å². The molecule has 162 valence electrons. The molecule has 6 nitrogen and oxygen atoms in total. The number of likely N-dealkylation sites (tertiary alicyclic amines) is 1. The molecular weight excluding hydrogens is 392 g/mol. The lowest BCUT2D eigenvalue weighted by molar-refractivity contribution is -0.120. The van der Waals surface area contributed by atoms with Crippen LogP contribution in [0.4, 0.5) is 5.69 Å². The van der Waals surface area contributed by atoms with Crippen LogP contribution in [-0.4, -0.2) is 43.0 Å². The van der Waals surface area contributed by atoms with E-state index in [1.165, 1.54) is 4.90 Å². The molecule has 2 heterocycles. The van der Waals surface area contributed by atoms with Crippen molar-refractivity contribution in [3.8, 4) is 11.5 Å². The van der Waals surface area contributed by atoms with Gasteiger partial charge in [0.25, 0.3) is 11.8 Å². The van der Waals surface area contributed by atoms with Crippen LogP contribution in [0.2, 0.25) is 0 Å². The summed E-state index contributed by atoms with van der Waals surface area (Å²) in [6.45, 7) is 7.40. The number of imide groups is 1. The monoisotopic (exact) mass is 420 g/mol. The first kappa shape index (κ1) is 21.0. The smallest absolute Gasteiger partial charge is 0.282 e. The summed E-state index contributed by atoms with van der Waals surface area (Å²) in [7, 11) is 1.54. The van der Waals surface area contributed by atoms with Crippen LogP contribution in [0.15, 0.2) is 48.2 Å². The van der Waals surface area contributed by atoms with Gasteiger partial charge >= 0.3 is 0 Å². The molecule has 1 fully saturated rings. The van der Waals surface area contributed by atoms with E-state index in [1.54, 1.807) is 13.2 Å². The number of benzene rings is 2. The van der Waals surface area contributed by atoms with E-state index >= 15 is 0 Å². The first-order valence-electron chi connectivity index (χ1n) is 10.7. The number of ether oxygens (including phenoxy) is 2. The first-order valence-corrected chi connectivity index (χ1v) is 10.7. The zero-order valence-corrected chi connectivity index (χ0v) is 18.5. The highest BCUT2D eigenvalue weighted by Gasteiger charge is 2.44. The lowest BCUT2D eigenvalue weighted by Crippen LogP contribution is -2.34. The highest BCUT2D eigenvalue weighted by molar-refractivity contribution is 6.45. The van der Waals surface area contributed by atoms with Gasteiger partial charge in [0.2, 0.25) is 0 Å². The van der Waals surface area contributed by atoms with Crippen LogP contribution < -0.4 is 14.4 Å². The highest BCUT2D eigenvalue weighted by atomic mass is 16.5. The van der Waals surface area contributed by atoms with Crippen molar-refractivity contribution >= 4 is 23.1 Å². The average molecular weight is 421 g/mol. The standard InChI is InChI=1S/C25H28N2O4/c1-16(2)31-19-10-8-18(9-11-19)22-23(26-13-5-6-14-26)25(29)27(24(22)28)20-15-17(3)7-12-21(20)30-4/h7-12,15-16H,5-6,13-14H2,1-4H3. The molecular formula is C25H28N2O4. The quantitative estimate of drug-likeness (QED) is 0.657. The summed E-state index contributed by atoms with van der Waals surface area (Å²) in [6, 6.07) is 12.9.